The molecule has 1 aliphatic heterocycles. The van der Waals surface area contributed by atoms with Gasteiger partial charge in [-0.1, -0.05) is 37.3 Å². The van der Waals surface area contributed by atoms with Crippen LogP contribution in [0.2, 0.25) is 0 Å². The lowest BCUT2D eigenvalue weighted by Gasteiger charge is -2.15. The molecule has 1 aromatic rings. The fourth-order valence-electron chi connectivity index (χ4n) is 1.94. The van der Waals surface area contributed by atoms with Gasteiger partial charge in [-0.25, -0.2) is 0 Å². The number of hydrogen-bond acceptors (Lipinski definition) is 1. The van der Waals surface area contributed by atoms with Crippen molar-refractivity contribution in [3.63, 3.8) is 0 Å². The van der Waals surface area contributed by atoms with E-state index in [4.69, 9.17) is 0 Å². The molecule has 64 valence electrons. The van der Waals surface area contributed by atoms with Gasteiger partial charge in [0.15, 0.2) is 0 Å². The minimum atomic E-state index is 0.589. The summed E-state index contributed by atoms with van der Waals surface area (Å²) in [5.41, 5.74) is 1.43. The molecule has 1 aromatic carbocycles. The van der Waals surface area contributed by atoms with E-state index in [9.17, 15) is 0 Å². The van der Waals surface area contributed by atoms with Crippen molar-refractivity contribution in [1.29, 1.82) is 0 Å². The molecular formula is C11H15N. The Labute approximate surface area is 73.8 Å². The van der Waals surface area contributed by atoms with E-state index in [1.165, 1.54) is 18.5 Å². The Morgan fingerprint density at radius 2 is 2.00 bits per heavy atom. The van der Waals surface area contributed by atoms with Crippen LogP contribution in [0.25, 0.3) is 0 Å². The molecular weight excluding hydrogens is 146 g/mol. The predicted octanol–water partition coefficient (Wildman–Crippen LogP) is 2.36. The zero-order chi connectivity index (χ0) is 8.39. The molecule has 1 saturated heterocycles. The Morgan fingerprint density at radius 3 is 2.58 bits per heavy atom. The summed E-state index contributed by atoms with van der Waals surface area (Å²) in [6.07, 6.45) is 1.31. The molecule has 2 rings (SSSR count). The van der Waals surface area contributed by atoms with Gasteiger partial charge in [-0.15, -0.1) is 0 Å². The van der Waals surface area contributed by atoms with Crippen LogP contribution in [-0.4, -0.2) is 6.54 Å². The summed E-state index contributed by atoms with van der Waals surface area (Å²) >= 11 is 0. The van der Waals surface area contributed by atoms with E-state index in [0.717, 1.165) is 5.92 Å². The van der Waals surface area contributed by atoms with Gasteiger partial charge >= 0.3 is 0 Å². The summed E-state index contributed by atoms with van der Waals surface area (Å²) in [4.78, 5) is 0. The molecule has 2 unspecified atom stereocenters. The van der Waals surface area contributed by atoms with Crippen LogP contribution in [0.1, 0.15) is 24.9 Å². The fraction of sp³-hybridized carbons (Fsp3) is 0.455. The largest absolute Gasteiger partial charge is 0.310 e. The number of rotatable bonds is 1. The number of hydrogen-bond donors (Lipinski definition) is 1. The van der Waals surface area contributed by atoms with Gasteiger partial charge in [0, 0.05) is 6.04 Å². The van der Waals surface area contributed by atoms with Crippen molar-refractivity contribution in [2.24, 2.45) is 5.92 Å². The molecule has 0 radical (unpaired) electrons. The molecule has 0 aliphatic carbocycles. The second-order valence-electron chi connectivity index (χ2n) is 3.61. The normalized spacial score (nSPS) is 29.1. The van der Waals surface area contributed by atoms with E-state index in [2.05, 4.69) is 42.6 Å². The summed E-state index contributed by atoms with van der Waals surface area (Å²) in [7, 11) is 0. The van der Waals surface area contributed by atoms with Crippen molar-refractivity contribution in [2.45, 2.75) is 19.4 Å². The van der Waals surface area contributed by atoms with E-state index in [1.807, 2.05) is 0 Å². The molecule has 1 nitrogen and oxygen atoms in total. The molecule has 0 amide bonds. The van der Waals surface area contributed by atoms with Gasteiger partial charge in [-0.3, -0.25) is 0 Å². The van der Waals surface area contributed by atoms with Crippen molar-refractivity contribution in [3.8, 4) is 0 Å². The summed E-state index contributed by atoms with van der Waals surface area (Å²) in [5, 5.41) is 3.52. The Kier molecular flexibility index (Phi) is 2.13. The van der Waals surface area contributed by atoms with Crippen molar-refractivity contribution in [1.82, 2.24) is 5.32 Å². The molecule has 12 heavy (non-hydrogen) atoms. The second kappa shape index (κ2) is 3.28. The quantitative estimate of drug-likeness (QED) is 0.666. The number of nitrogens with one attached hydrogen (secondary N) is 1. The second-order valence-corrected chi connectivity index (χ2v) is 3.61. The van der Waals surface area contributed by atoms with Gasteiger partial charge in [0.25, 0.3) is 0 Å². The predicted molar refractivity (Wildman–Crippen MR) is 51.0 cm³/mol. The average Bonchev–Trinajstić information content (AvgIpc) is 2.53. The van der Waals surface area contributed by atoms with Crippen molar-refractivity contribution < 1.29 is 0 Å². The SMILES string of the molecule is CC1CCNC1c1ccccc1. The van der Waals surface area contributed by atoms with Crippen molar-refractivity contribution in [3.05, 3.63) is 35.9 Å². The Hall–Kier alpha value is -0.820. The minimum Gasteiger partial charge on any atom is -0.310 e. The monoisotopic (exact) mass is 161 g/mol. The topological polar surface area (TPSA) is 12.0 Å². The van der Waals surface area contributed by atoms with Gasteiger partial charge in [0.2, 0.25) is 0 Å². The summed E-state index contributed by atoms with van der Waals surface area (Å²) < 4.78 is 0. The van der Waals surface area contributed by atoms with Gasteiger partial charge in [0.05, 0.1) is 0 Å². The molecule has 1 heterocycles. The van der Waals surface area contributed by atoms with E-state index in [1.54, 1.807) is 0 Å². The summed E-state index contributed by atoms with van der Waals surface area (Å²) in [6.45, 7) is 3.48. The third-order valence-corrected chi connectivity index (χ3v) is 2.69. The van der Waals surface area contributed by atoms with Crippen LogP contribution in [-0.2, 0) is 0 Å². The molecule has 0 bridgehead atoms. The molecule has 1 N–H and O–H groups in total. The molecule has 1 aliphatic rings. The van der Waals surface area contributed by atoms with E-state index >= 15 is 0 Å². The lowest BCUT2D eigenvalue weighted by molar-refractivity contribution is 0.504. The highest BCUT2D eigenvalue weighted by atomic mass is 14.9. The van der Waals surface area contributed by atoms with Gasteiger partial charge in [-0.2, -0.15) is 0 Å². The van der Waals surface area contributed by atoms with Crippen LogP contribution in [0, 0.1) is 5.92 Å². The molecule has 0 aromatic heterocycles. The molecule has 1 fully saturated rings. The van der Waals surface area contributed by atoms with Crippen LogP contribution in [0.5, 0.6) is 0 Å². The average molecular weight is 161 g/mol. The van der Waals surface area contributed by atoms with Gasteiger partial charge < -0.3 is 5.32 Å². The van der Waals surface area contributed by atoms with Gasteiger partial charge in [0.1, 0.15) is 0 Å². The standard InChI is InChI=1S/C11H15N/c1-9-7-8-12-11(9)10-5-3-2-4-6-10/h2-6,9,11-12H,7-8H2,1H3. The minimum absolute atomic E-state index is 0.589. The first-order valence-corrected chi connectivity index (χ1v) is 4.66. The molecule has 1 heteroatoms. The van der Waals surface area contributed by atoms with Crippen LogP contribution in [0.3, 0.4) is 0 Å². The van der Waals surface area contributed by atoms with Crippen molar-refractivity contribution >= 4 is 0 Å². The highest BCUT2D eigenvalue weighted by Crippen LogP contribution is 2.28. The summed E-state index contributed by atoms with van der Waals surface area (Å²) in [6, 6.07) is 11.3. The van der Waals surface area contributed by atoms with Crippen LogP contribution in [0.4, 0.5) is 0 Å². The maximum Gasteiger partial charge on any atom is 0.0346 e. The fourth-order valence-corrected chi connectivity index (χ4v) is 1.94. The number of benzene rings is 1. The molecule has 0 spiro atoms. The van der Waals surface area contributed by atoms with E-state index < -0.39 is 0 Å². The first-order chi connectivity index (χ1) is 5.88. The third-order valence-electron chi connectivity index (χ3n) is 2.69. The zero-order valence-electron chi connectivity index (χ0n) is 7.46. The first-order valence-electron chi connectivity index (χ1n) is 4.66. The van der Waals surface area contributed by atoms with Crippen LogP contribution in [0.15, 0.2) is 30.3 Å². The third kappa shape index (κ3) is 1.37. The van der Waals surface area contributed by atoms with Crippen LogP contribution >= 0.6 is 0 Å². The van der Waals surface area contributed by atoms with E-state index in [-0.39, 0.29) is 0 Å². The smallest absolute Gasteiger partial charge is 0.0346 e. The van der Waals surface area contributed by atoms with Gasteiger partial charge in [-0.05, 0) is 24.4 Å². The van der Waals surface area contributed by atoms with E-state index in [0.29, 0.717) is 6.04 Å². The highest BCUT2D eigenvalue weighted by Gasteiger charge is 2.23. The zero-order valence-corrected chi connectivity index (χ0v) is 7.46. The summed E-state index contributed by atoms with van der Waals surface area (Å²) in [5.74, 6) is 0.785. The highest BCUT2D eigenvalue weighted by molar-refractivity contribution is 5.20. The Balaban J connectivity index is 2.19. The Bertz CT molecular complexity index is 242. The van der Waals surface area contributed by atoms with Crippen molar-refractivity contribution in [2.75, 3.05) is 6.54 Å². The Morgan fingerprint density at radius 1 is 1.25 bits per heavy atom. The van der Waals surface area contributed by atoms with Crippen LogP contribution < -0.4 is 5.32 Å². The molecule has 2 atom stereocenters. The lowest BCUT2D eigenvalue weighted by Crippen LogP contribution is -2.16. The lowest BCUT2D eigenvalue weighted by atomic mass is 9.96. The maximum atomic E-state index is 3.52. The maximum absolute atomic E-state index is 3.52. The first kappa shape index (κ1) is 7.81. The molecule has 0 saturated carbocycles.